The van der Waals surface area contributed by atoms with Gasteiger partial charge in [0.05, 0.1) is 23.8 Å². The predicted molar refractivity (Wildman–Crippen MR) is 64.0 cm³/mol. The SMILES string of the molecule is CCNC(Cn1cc(Br)cn1)C(=O)OCC. The highest BCUT2D eigenvalue weighted by molar-refractivity contribution is 9.10. The lowest BCUT2D eigenvalue weighted by Crippen LogP contribution is -2.41. The van der Waals surface area contributed by atoms with Crippen LogP contribution in [0.15, 0.2) is 16.9 Å². The number of hydrogen-bond donors (Lipinski definition) is 1. The molecule has 1 rings (SSSR count). The van der Waals surface area contributed by atoms with Gasteiger partial charge in [0, 0.05) is 6.20 Å². The van der Waals surface area contributed by atoms with Gasteiger partial charge in [-0.1, -0.05) is 6.92 Å². The number of esters is 1. The first-order valence-corrected chi connectivity index (χ1v) is 6.04. The van der Waals surface area contributed by atoms with E-state index in [0.29, 0.717) is 19.7 Å². The van der Waals surface area contributed by atoms with Crippen LogP contribution in [-0.4, -0.2) is 34.9 Å². The fourth-order valence-electron chi connectivity index (χ4n) is 1.34. The van der Waals surface area contributed by atoms with Crippen LogP contribution in [0.4, 0.5) is 0 Å². The third-order valence-corrected chi connectivity index (χ3v) is 2.40. The highest BCUT2D eigenvalue weighted by Crippen LogP contribution is 2.07. The van der Waals surface area contributed by atoms with Gasteiger partial charge >= 0.3 is 5.97 Å². The average Bonchev–Trinajstić information content (AvgIpc) is 2.64. The normalized spacial score (nSPS) is 12.4. The first-order chi connectivity index (χ1) is 7.67. The summed E-state index contributed by atoms with van der Waals surface area (Å²) >= 11 is 3.31. The number of ether oxygens (including phenoxy) is 1. The quantitative estimate of drug-likeness (QED) is 0.800. The molecule has 0 aliphatic rings. The maximum atomic E-state index is 11.6. The van der Waals surface area contributed by atoms with Crippen LogP contribution in [0.25, 0.3) is 0 Å². The lowest BCUT2D eigenvalue weighted by molar-refractivity contribution is -0.146. The molecule has 1 heterocycles. The lowest BCUT2D eigenvalue weighted by atomic mass is 10.3. The van der Waals surface area contributed by atoms with E-state index in [4.69, 9.17) is 4.74 Å². The number of carbonyl (C=O) groups excluding carboxylic acids is 1. The Bertz CT molecular complexity index is 341. The number of rotatable bonds is 6. The van der Waals surface area contributed by atoms with Crippen molar-refractivity contribution in [3.05, 3.63) is 16.9 Å². The Morgan fingerprint density at radius 3 is 2.94 bits per heavy atom. The molecule has 1 aromatic rings. The first-order valence-electron chi connectivity index (χ1n) is 5.25. The average molecular weight is 290 g/mol. The Balaban J connectivity index is 2.60. The molecule has 6 heteroatoms. The zero-order chi connectivity index (χ0) is 12.0. The molecule has 90 valence electrons. The molecule has 0 aliphatic carbocycles. The summed E-state index contributed by atoms with van der Waals surface area (Å²) in [6.45, 7) is 5.32. The Morgan fingerprint density at radius 2 is 2.44 bits per heavy atom. The van der Waals surface area contributed by atoms with Crippen LogP contribution in [0.5, 0.6) is 0 Å². The highest BCUT2D eigenvalue weighted by Gasteiger charge is 2.19. The molecule has 1 aromatic heterocycles. The zero-order valence-electron chi connectivity index (χ0n) is 9.44. The molecule has 1 N–H and O–H groups in total. The van der Waals surface area contributed by atoms with Crippen molar-refractivity contribution in [1.29, 1.82) is 0 Å². The molecule has 0 saturated heterocycles. The molecule has 0 amide bonds. The summed E-state index contributed by atoms with van der Waals surface area (Å²) in [4.78, 5) is 11.6. The predicted octanol–water partition coefficient (Wildman–Crippen LogP) is 1.19. The second-order valence-corrected chi connectivity index (χ2v) is 4.16. The molecule has 0 aliphatic heterocycles. The largest absolute Gasteiger partial charge is 0.465 e. The minimum absolute atomic E-state index is 0.240. The summed E-state index contributed by atoms with van der Waals surface area (Å²) in [5, 5.41) is 7.18. The molecule has 0 bridgehead atoms. The van der Waals surface area contributed by atoms with Crippen molar-refractivity contribution < 1.29 is 9.53 Å². The number of halogens is 1. The second kappa shape index (κ2) is 6.65. The van der Waals surface area contributed by atoms with Gasteiger partial charge in [0.1, 0.15) is 6.04 Å². The highest BCUT2D eigenvalue weighted by atomic mass is 79.9. The van der Waals surface area contributed by atoms with Crippen molar-refractivity contribution in [2.45, 2.75) is 26.4 Å². The molecule has 0 saturated carbocycles. The van der Waals surface area contributed by atoms with Crippen molar-refractivity contribution in [3.8, 4) is 0 Å². The van der Waals surface area contributed by atoms with Crippen LogP contribution < -0.4 is 5.32 Å². The van der Waals surface area contributed by atoms with Crippen molar-refractivity contribution in [1.82, 2.24) is 15.1 Å². The Kier molecular flexibility index (Phi) is 5.48. The molecule has 0 radical (unpaired) electrons. The van der Waals surface area contributed by atoms with E-state index in [9.17, 15) is 4.79 Å². The minimum atomic E-state index is -0.350. The maximum Gasteiger partial charge on any atom is 0.325 e. The van der Waals surface area contributed by atoms with Crippen LogP contribution in [0.3, 0.4) is 0 Å². The fraction of sp³-hybridized carbons (Fsp3) is 0.600. The van der Waals surface area contributed by atoms with Gasteiger partial charge in [-0.05, 0) is 29.4 Å². The van der Waals surface area contributed by atoms with Gasteiger partial charge in [0.25, 0.3) is 0 Å². The smallest absolute Gasteiger partial charge is 0.325 e. The van der Waals surface area contributed by atoms with Crippen molar-refractivity contribution in [2.24, 2.45) is 0 Å². The van der Waals surface area contributed by atoms with E-state index in [1.165, 1.54) is 0 Å². The van der Waals surface area contributed by atoms with E-state index in [1.54, 1.807) is 17.8 Å². The van der Waals surface area contributed by atoms with Gasteiger partial charge in [0.15, 0.2) is 0 Å². The van der Waals surface area contributed by atoms with Gasteiger partial charge in [-0.25, -0.2) is 0 Å². The summed E-state index contributed by atoms with van der Waals surface area (Å²) in [5.74, 6) is -0.240. The Hall–Kier alpha value is -0.880. The first kappa shape index (κ1) is 13.2. The van der Waals surface area contributed by atoms with Crippen LogP contribution in [0.2, 0.25) is 0 Å². The Morgan fingerprint density at radius 1 is 1.69 bits per heavy atom. The number of nitrogens with one attached hydrogen (secondary N) is 1. The summed E-state index contributed by atoms with van der Waals surface area (Å²) in [6.07, 6.45) is 3.51. The van der Waals surface area contributed by atoms with Gasteiger partial charge in [-0.2, -0.15) is 5.10 Å². The number of aromatic nitrogens is 2. The third kappa shape index (κ3) is 3.94. The molecule has 1 atom stereocenters. The van der Waals surface area contributed by atoms with E-state index < -0.39 is 0 Å². The fourth-order valence-corrected chi connectivity index (χ4v) is 1.66. The standard InChI is InChI=1S/C10H16BrN3O2/c1-3-12-9(10(15)16-4-2)7-14-6-8(11)5-13-14/h5-6,9,12H,3-4,7H2,1-2H3. The van der Waals surface area contributed by atoms with Crippen LogP contribution >= 0.6 is 15.9 Å². The van der Waals surface area contributed by atoms with Crippen molar-refractivity contribution >= 4 is 21.9 Å². The van der Waals surface area contributed by atoms with Gasteiger partial charge in [0.2, 0.25) is 0 Å². The summed E-state index contributed by atoms with van der Waals surface area (Å²) in [6, 6.07) is -0.350. The van der Waals surface area contributed by atoms with E-state index in [2.05, 4.69) is 26.3 Å². The maximum absolute atomic E-state index is 11.6. The number of hydrogen-bond acceptors (Lipinski definition) is 4. The molecule has 0 fully saturated rings. The number of carbonyl (C=O) groups is 1. The number of likely N-dealkylation sites (N-methyl/N-ethyl adjacent to an activating group) is 1. The van der Waals surface area contributed by atoms with E-state index in [-0.39, 0.29) is 12.0 Å². The molecule has 5 nitrogen and oxygen atoms in total. The Labute approximate surface area is 103 Å². The van der Waals surface area contributed by atoms with Crippen molar-refractivity contribution in [2.75, 3.05) is 13.2 Å². The molecule has 0 spiro atoms. The molecule has 0 aromatic carbocycles. The molecule has 16 heavy (non-hydrogen) atoms. The van der Waals surface area contributed by atoms with E-state index in [0.717, 1.165) is 4.47 Å². The lowest BCUT2D eigenvalue weighted by Gasteiger charge is -2.15. The van der Waals surface area contributed by atoms with Gasteiger partial charge in [-0.3, -0.25) is 9.48 Å². The zero-order valence-corrected chi connectivity index (χ0v) is 11.0. The van der Waals surface area contributed by atoms with Crippen LogP contribution in [-0.2, 0) is 16.1 Å². The van der Waals surface area contributed by atoms with Crippen LogP contribution in [0, 0.1) is 0 Å². The molecular formula is C10H16BrN3O2. The summed E-state index contributed by atoms with van der Waals surface area (Å²) in [5.41, 5.74) is 0. The molecule has 1 unspecified atom stereocenters. The van der Waals surface area contributed by atoms with Gasteiger partial charge in [-0.15, -0.1) is 0 Å². The van der Waals surface area contributed by atoms with E-state index in [1.807, 2.05) is 13.1 Å². The minimum Gasteiger partial charge on any atom is -0.465 e. The van der Waals surface area contributed by atoms with Gasteiger partial charge < -0.3 is 10.1 Å². The van der Waals surface area contributed by atoms with Crippen molar-refractivity contribution in [3.63, 3.8) is 0 Å². The second-order valence-electron chi connectivity index (χ2n) is 3.24. The topological polar surface area (TPSA) is 56.2 Å². The monoisotopic (exact) mass is 289 g/mol. The molecular weight excluding hydrogens is 274 g/mol. The summed E-state index contributed by atoms with van der Waals surface area (Å²) < 4.78 is 7.58. The summed E-state index contributed by atoms with van der Waals surface area (Å²) in [7, 11) is 0. The van der Waals surface area contributed by atoms with Crippen LogP contribution in [0.1, 0.15) is 13.8 Å². The number of nitrogens with zero attached hydrogens (tertiary/aromatic N) is 2. The van der Waals surface area contributed by atoms with E-state index >= 15 is 0 Å². The third-order valence-electron chi connectivity index (χ3n) is 1.99.